The van der Waals surface area contributed by atoms with Crippen LogP contribution in [0.3, 0.4) is 0 Å². The zero-order chi connectivity index (χ0) is 12.9. The molecule has 0 bridgehead atoms. The largest absolute Gasteiger partial charge is 0.385 e. The number of hydrogen-bond donors (Lipinski definition) is 1. The molecule has 0 aromatic heterocycles. The summed E-state index contributed by atoms with van der Waals surface area (Å²) >= 11 is 0. The van der Waals surface area contributed by atoms with Crippen molar-refractivity contribution < 1.29 is 14.3 Å². The smallest absolute Gasteiger partial charge is 0.236 e. The van der Waals surface area contributed by atoms with E-state index in [2.05, 4.69) is 11.2 Å². The van der Waals surface area contributed by atoms with Crippen LogP contribution in [0.25, 0.3) is 0 Å². The third-order valence-corrected chi connectivity index (χ3v) is 2.20. The van der Waals surface area contributed by atoms with Crippen molar-refractivity contribution in [1.82, 2.24) is 10.2 Å². The summed E-state index contributed by atoms with van der Waals surface area (Å²) in [6.45, 7) is 3.12. The van der Waals surface area contributed by atoms with Crippen LogP contribution in [0.15, 0.2) is 0 Å². The number of terminal acetylenes is 1. The van der Waals surface area contributed by atoms with Gasteiger partial charge in [-0.2, -0.15) is 0 Å². The van der Waals surface area contributed by atoms with E-state index in [-0.39, 0.29) is 12.5 Å². The molecule has 0 aliphatic carbocycles. The Morgan fingerprint density at radius 3 is 2.59 bits per heavy atom. The topological polar surface area (TPSA) is 50.8 Å². The third-order valence-electron chi connectivity index (χ3n) is 2.20. The first kappa shape index (κ1) is 15.9. The molecule has 0 radical (unpaired) electrons. The second kappa shape index (κ2) is 11.4. The van der Waals surface area contributed by atoms with Crippen LogP contribution in [0.1, 0.15) is 6.42 Å². The van der Waals surface area contributed by atoms with Crippen molar-refractivity contribution in [2.45, 2.75) is 6.42 Å². The lowest BCUT2D eigenvalue weighted by Gasteiger charge is -2.22. The van der Waals surface area contributed by atoms with Gasteiger partial charge in [-0.25, -0.2) is 0 Å². The first-order chi connectivity index (χ1) is 8.26. The lowest BCUT2D eigenvalue weighted by molar-refractivity contribution is -0.131. The molecule has 5 heteroatoms. The summed E-state index contributed by atoms with van der Waals surface area (Å²) in [4.78, 5) is 13.6. The van der Waals surface area contributed by atoms with Crippen LogP contribution in [-0.4, -0.2) is 64.4 Å². The average Bonchev–Trinajstić information content (AvgIpc) is 2.33. The fourth-order valence-corrected chi connectivity index (χ4v) is 1.32. The van der Waals surface area contributed by atoms with Crippen molar-refractivity contribution in [3.8, 4) is 12.3 Å². The molecule has 0 spiro atoms. The van der Waals surface area contributed by atoms with E-state index in [0.717, 1.165) is 6.42 Å². The molecule has 0 rings (SSSR count). The Kier molecular flexibility index (Phi) is 10.7. The van der Waals surface area contributed by atoms with Gasteiger partial charge in [-0.05, 0) is 6.42 Å². The second-order valence-electron chi connectivity index (χ2n) is 3.53. The fourth-order valence-electron chi connectivity index (χ4n) is 1.32. The number of ether oxygens (including phenoxy) is 2. The first-order valence-electron chi connectivity index (χ1n) is 5.66. The molecule has 98 valence electrons. The molecule has 0 saturated heterocycles. The Morgan fingerprint density at radius 1 is 1.29 bits per heavy atom. The van der Waals surface area contributed by atoms with Gasteiger partial charge in [0.2, 0.25) is 5.91 Å². The van der Waals surface area contributed by atoms with Crippen molar-refractivity contribution in [3.63, 3.8) is 0 Å². The van der Waals surface area contributed by atoms with Crippen LogP contribution in [0.5, 0.6) is 0 Å². The van der Waals surface area contributed by atoms with Crippen LogP contribution in [0.2, 0.25) is 0 Å². The van der Waals surface area contributed by atoms with Gasteiger partial charge in [0.1, 0.15) is 0 Å². The highest BCUT2D eigenvalue weighted by molar-refractivity contribution is 5.78. The molecule has 0 aliphatic heterocycles. The number of methoxy groups -OCH3 is 2. The summed E-state index contributed by atoms with van der Waals surface area (Å²) in [5.74, 6) is 2.47. The summed E-state index contributed by atoms with van der Waals surface area (Å²) in [6.07, 6.45) is 5.92. The van der Waals surface area contributed by atoms with Crippen LogP contribution >= 0.6 is 0 Å². The molecule has 1 N–H and O–H groups in total. The number of carbonyl (C=O) groups is 1. The Morgan fingerprint density at radius 2 is 2.00 bits per heavy atom. The van der Waals surface area contributed by atoms with Crippen molar-refractivity contribution in [1.29, 1.82) is 0 Å². The minimum absolute atomic E-state index is 0.0356. The maximum absolute atomic E-state index is 11.8. The van der Waals surface area contributed by atoms with Crippen LogP contribution < -0.4 is 5.32 Å². The molecule has 0 aromatic carbocycles. The van der Waals surface area contributed by atoms with Gasteiger partial charge in [0.25, 0.3) is 0 Å². The van der Waals surface area contributed by atoms with Crippen LogP contribution in [0.4, 0.5) is 0 Å². The lowest BCUT2D eigenvalue weighted by Crippen LogP contribution is -2.40. The Balaban J connectivity index is 3.96. The number of carbonyl (C=O) groups excluding carboxylic acids is 1. The van der Waals surface area contributed by atoms with Gasteiger partial charge < -0.3 is 14.4 Å². The number of rotatable bonds is 10. The van der Waals surface area contributed by atoms with Gasteiger partial charge in [-0.3, -0.25) is 10.1 Å². The minimum atomic E-state index is 0.0356. The number of amides is 1. The molecular weight excluding hydrogens is 220 g/mol. The molecular formula is C12H22N2O3. The van der Waals surface area contributed by atoms with E-state index < -0.39 is 0 Å². The normalized spacial score (nSPS) is 9.94. The van der Waals surface area contributed by atoms with Gasteiger partial charge >= 0.3 is 0 Å². The third kappa shape index (κ3) is 8.69. The van der Waals surface area contributed by atoms with Crippen molar-refractivity contribution >= 4 is 5.91 Å². The predicted octanol–water partition coefficient (Wildman–Crippen LogP) is -0.279. The number of nitrogens with one attached hydrogen (secondary N) is 1. The summed E-state index contributed by atoms with van der Waals surface area (Å²) in [5, 5.41) is 2.88. The van der Waals surface area contributed by atoms with E-state index in [1.54, 1.807) is 19.1 Å². The van der Waals surface area contributed by atoms with Crippen molar-refractivity contribution in [2.75, 3.05) is 53.6 Å². The maximum atomic E-state index is 11.8. The maximum Gasteiger partial charge on any atom is 0.236 e. The summed E-state index contributed by atoms with van der Waals surface area (Å²) in [6, 6.07) is 0. The Hall–Kier alpha value is -1.09. The number of nitrogens with zero attached hydrogens (tertiary/aromatic N) is 1. The van der Waals surface area contributed by atoms with E-state index in [1.165, 1.54) is 0 Å². The molecule has 0 saturated carbocycles. The molecule has 1 amide bonds. The lowest BCUT2D eigenvalue weighted by atomic mass is 10.3. The van der Waals surface area contributed by atoms with Crippen LogP contribution in [0, 0.1) is 12.3 Å². The van der Waals surface area contributed by atoms with E-state index in [0.29, 0.717) is 32.8 Å². The summed E-state index contributed by atoms with van der Waals surface area (Å²) in [5.41, 5.74) is 0. The highest BCUT2D eigenvalue weighted by Crippen LogP contribution is 1.94. The fraction of sp³-hybridized carbons (Fsp3) is 0.750. The highest BCUT2D eigenvalue weighted by atomic mass is 16.5. The SMILES string of the molecule is C#CCNCC(=O)N(CCCOC)CCOC. The quantitative estimate of drug-likeness (QED) is 0.423. The molecule has 5 nitrogen and oxygen atoms in total. The van der Waals surface area contributed by atoms with Crippen LogP contribution in [-0.2, 0) is 14.3 Å². The van der Waals surface area contributed by atoms with Gasteiger partial charge in [0, 0.05) is 33.9 Å². The van der Waals surface area contributed by atoms with Crippen molar-refractivity contribution in [3.05, 3.63) is 0 Å². The van der Waals surface area contributed by atoms with E-state index in [9.17, 15) is 4.79 Å². The molecule has 0 fully saturated rings. The van der Waals surface area contributed by atoms with E-state index >= 15 is 0 Å². The molecule has 0 unspecified atom stereocenters. The zero-order valence-corrected chi connectivity index (χ0v) is 10.7. The monoisotopic (exact) mass is 242 g/mol. The highest BCUT2D eigenvalue weighted by Gasteiger charge is 2.11. The summed E-state index contributed by atoms with van der Waals surface area (Å²) in [7, 11) is 3.27. The molecule has 0 heterocycles. The standard InChI is InChI=1S/C12H22N2O3/c1-4-6-13-11-12(15)14(8-10-17-3)7-5-9-16-2/h1,13H,5-11H2,2-3H3. The predicted molar refractivity (Wildman–Crippen MR) is 66.7 cm³/mol. The van der Waals surface area contributed by atoms with Gasteiger partial charge in [-0.15, -0.1) is 6.42 Å². The Bertz CT molecular complexity index is 238. The Labute approximate surface area is 103 Å². The van der Waals surface area contributed by atoms with Gasteiger partial charge in [-0.1, -0.05) is 5.92 Å². The number of hydrogen-bond acceptors (Lipinski definition) is 4. The molecule has 0 aliphatic rings. The average molecular weight is 242 g/mol. The van der Waals surface area contributed by atoms with E-state index in [4.69, 9.17) is 15.9 Å². The first-order valence-corrected chi connectivity index (χ1v) is 5.66. The minimum Gasteiger partial charge on any atom is -0.385 e. The van der Waals surface area contributed by atoms with Gasteiger partial charge in [0.05, 0.1) is 19.7 Å². The van der Waals surface area contributed by atoms with E-state index in [1.807, 2.05) is 0 Å². The zero-order valence-electron chi connectivity index (χ0n) is 10.7. The van der Waals surface area contributed by atoms with Gasteiger partial charge in [0.15, 0.2) is 0 Å². The molecule has 0 aromatic rings. The van der Waals surface area contributed by atoms with Crippen molar-refractivity contribution in [2.24, 2.45) is 0 Å². The molecule has 0 atom stereocenters. The molecule has 17 heavy (non-hydrogen) atoms. The second-order valence-corrected chi connectivity index (χ2v) is 3.53. The summed E-state index contributed by atoms with van der Waals surface area (Å²) < 4.78 is 9.94.